The van der Waals surface area contributed by atoms with Gasteiger partial charge in [0, 0.05) is 26.2 Å². The number of piperazine rings is 1. The van der Waals surface area contributed by atoms with Gasteiger partial charge in [0.05, 0.1) is 11.1 Å². The van der Waals surface area contributed by atoms with E-state index in [4.69, 9.17) is 0 Å². The maximum atomic E-state index is 12.7. The van der Waals surface area contributed by atoms with Crippen molar-refractivity contribution in [3.05, 3.63) is 59.7 Å². The van der Waals surface area contributed by atoms with Crippen LogP contribution in [0.1, 0.15) is 20.7 Å². The third-order valence-corrected chi connectivity index (χ3v) is 6.47. The SMILES string of the molecule is O=C(c1ccccc1S(=O)(=O)O)N1CCN(C(=O)c2ccccc2S(=O)(=O)O)CC1. The lowest BCUT2D eigenvalue weighted by Gasteiger charge is -2.35. The third kappa shape index (κ3) is 4.51. The molecule has 0 aliphatic carbocycles. The molecule has 0 aromatic heterocycles. The van der Waals surface area contributed by atoms with Crippen molar-refractivity contribution in [3.63, 3.8) is 0 Å². The lowest BCUT2D eigenvalue weighted by Crippen LogP contribution is -2.51. The zero-order chi connectivity index (χ0) is 22.1. The highest BCUT2D eigenvalue weighted by Crippen LogP contribution is 2.20. The van der Waals surface area contributed by atoms with Crippen LogP contribution < -0.4 is 0 Å². The fourth-order valence-corrected chi connectivity index (χ4v) is 4.56. The maximum absolute atomic E-state index is 12.7. The zero-order valence-corrected chi connectivity index (χ0v) is 17.1. The zero-order valence-electron chi connectivity index (χ0n) is 15.5. The van der Waals surface area contributed by atoms with Crippen molar-refractivity contribution in [1.29, 1.82) is 0 Å². The van der Waals surface area contributed by atoms with E-state index >= 15 is 0 Å². The summed E-state index contributed by atoms with van der Waals surface area (Å²) in [4.78, 5) is 27.1. The van der Waals surface area contributed by atoms with Crippen LogP contribution >= 0.6 is 0 Å². The molecule has 30 heavy (non-hydrogen) atoms. The van der Waals surface area contributed by atoms with Crippen LogP contribution in [-0.2, 0) is 20.2 Å². The van der Waals surface area contributed by atoms with Gasteiger partial charge < -0.3 is 9.80 Å². The Morgan fingerprint density at radius 2 is 0.933 bits per heavy atom. The highest BCUT2D eigenvalue weighted by molar-refractivity contribution is 7.86. The van der Waals surface area contributed by atoms with Gasteiger partial charge in [0.1, 0.15) is 9.79 Å². The van der Waals surface area contributed by atoms with E-state index in [2.05, 4.69) is 0 Å². The molecule has 1 aliphatic rings. The second-order valence-corrected chi connectivity index (χ2v) is 9.31. The van der Waals surface area contributed by atoms with Gasteiger partial charge in [-0.25, -0.2) is 0 Å². The lowest BCUT2D eigenvalue weighted by molar-refractivity contribution is 0.0531. The van der Waals surface area contributed by atoms with E-state index in [1.54, 1.807) is 0 Å². The molecule has 3 rings (SSSR count). The second kappa shape index (κ2) is 8.14. The summed E-state index contributed by atoms with van der Waals surface area (Å²) in [5.74, 6) is -1.23. The van der Waals surface area contributed by atoms with Gasteiger partial charge in [0.25, 0.3) is 32.1 Å². The molecule has 0 unspecified atom stereocenters. The summed E-state index contributed by atoms with van der Waals surface area (Å²) in [6.07, 6.45) is 0. The molecule has 0 spiro atoms. The van der Waals surface area contributed by atoms with Gasteiger partial charge in [-0.15, -0.1) is 0 Å². The minimum Gasteiger partial charge on any atom is -0.335 e. The number of carbonyl (C=O) groups is 2. The molecular formula is C18H18N2O8S2. The fourth-order valence-electron chi connectivity index (χ4n) is 3.19. The van der Waals surface area contributed by atoms with Crippen molar-refractivity contribution >= 4 is 32.1 Å². The van der Waals surface area contributed by atoms with Gasteiger partial charge in [-0.3, -0.25) is 18.7 Å². The average Bonchev–Trinajstić information content (AvgIpc) is 2.71. The first kappa shape index (κ1) is 21.9. The number of rotatable bonds is 4. The molecule has 1 aliphatic heterocycles. The van der Waals surface area contributed by atoms with E-state index in [1.807, 2.05) is 0 Å². The number of nitrogens with zero attached hydrogens (tertiary/aromatic N) is 2. The number of carbonyl (C=O) groups excluding carboxylic acids is 2. The van der Waals surface area contributed by atoms with Crippen LogP contribution in [0.3, 0.4) is 0 Å². The van der Waals surface area contributed by atoms with Crippen molar-refractivity contribution in [2.24, 2.45) is 0 Å². The van der Waals surface area contributed by atoms with Crippen molar-refractivity contribution in [3.8, 4) is 0 Å². The minimum absolute atomic E-state index is 0.0679. The van der Waals surface area contributed by atoms with E-state index < -0.39 is 41.8 Å². The molecule has 0 bridgehead atoms. The van der Waals surface area contributed by atoms with E-state index in [9.17, 15) is 35.5 Å². The van der Waals surface area contributed by atoms with Gasteiger partial charge in [-0.2, -0.15) is 16.8 Å². The molecule has 2 aromatic carbocycles. The highest BCUT2D eigenvalue weighted by Gasteiger charge is 2.30. The smallest absolute Gasteiger partial charge is 0.295 e. The molecule has 1 fully saturated rings. The van der Waals surface area contributed by atoms with Crippen LogP contribution in [0.4, 0.5) is 0 Å². The van der Waals surface area contributed by atoms with E-state index in [0.717, 1.165) is 12.1 Å². The van der Waals surface area contributed by atoms with Crippen molar-refractivity contribution in [2.45, 2.75) is 9.79 Å². The first-order valence-corrected chi connectivity index (χ1v) is 11.6. The Balaban J connectivity index is 1.77. The normalized spacial score (nSPS) is 15.1. The monoisotopic (exact) mass is 454 g/mol. The van der Waals surface area contributed by atoms with Crippen molar-refractivity contribution < 1.29 is 35.5 Å². The number of hydrogen-bond acceptors (Lipinski definition) is 6. The Morgan fingerprint density at radius 3 is 1.23 bits per heavy atom. The van der Waals surface area contributed by atoms with Crippen LogP contribution in [0.5, 0.6) is 0 Å². The Hall–Kier alpha value is -2.80. The van der Waals surface area contributed by atoms with Gasteiger partial charge in [0.15, 0.2) is 0 Å². The highest BCUT2D eigenvalue weighted by atomic mass is 32.2. The molecule has 2 amide bonds. The third-order valence-electron chi connectivity index (χ3n) is 4.64. The van der Waals surface area contributed by atoms with Gasteiger partial charge in [0.2, 0.25) is 0 Å². The standard InChI is InChI=1S/C18H18N2O8S2/c21-17(13-5-1-3-7-15(13)29(23,24)25)19-9-11-20(12-10-19)18(22)14-6-2-4-8-16(14)30(26,27)28/h1-8H,9-12H2,(H,23,24,25)(H,26,27,28). The molecule has 0 radical (unpaired) electrons. The molecule has 160 valence electrons. The van der Waals surface area contributed by atoms with Gasteiger partial charge in [-0.1, -0.05) is 24.3 Å². The summed E-state index contributed by atoms with van der Waals surface area (Å²) >= 11 is 0. The number of amides is 2. The molecule has 10 nitrogen and oxygen atoms in total. The Morgan fingerprint density at radius 1 is 0.633 bits per heavy atom. The molecule has 12 heteroatoms. The largest absolute Gasteiger partial charge is 0.335 e. The predicted molar refractivity (Wildman–Crippen MR) is 104 cm³/mol. The summed E-state index contributed by atoms with van der Waals surface area (Å²) in [6, 6.07) is 10.5. The Bertz CT molecular complexity index is 1100. The summed E-state index contributed by atoms with van der Waals surface area (Å²) < 4.78 is 64.7. The molecule has 2 aromatic rings. The van der Waals surface area contributed by atoms with Gasteiger partial charge >= 0.3 is 0 Å². The summed E-state index contributed by atoms with van der Waals surface area (Å²) in [7, 11) is -9.18. The van der Waals surface area contributed by atoms with Crippen molar-refractivity contribution in [1.82, 2.24) is 9.80 Å². The lowest BCUT2D eigenvalue weighted by atomic mass is 10.1. The molecule has 2 N–H and O–H groups in total. The number of hydrogen-bond donors (Lipinski definition) is 2. The topological polar surface area (TPSA) is 149 Å². The number of benzene rings is 2. The van der Waals surface area contributed by atoms with Crippen LogP contribution in [0.2, 0.25) is 0 Å². The summed E-state index contributed by atoms with van der Waals surface area (Å²) in [6.45, 7) is 0.272. The van der Waals surface area contributed by atoms with Crippen LogP contribution in [-0.4, -0.2) is 73.7 Å². The molecule has 0 saturated carbocycles. The van der Waals surface area contributed by atoms with E-state index in [-0.39, 0.29) is 37.3 Å². The van der Waals surface area contributed by atoms with Crippen LogP contribution in [0.25, 0.3) is 0 Å². The van der Waals surface area contributed by atoms with Crippen LogP contribution in [0.15, 0.2) is 58.3 Å². The maximum Gasteiger partial charge on any atom is 0.295 e. The van der Waals surface area contributed by atoms with Crippen molar-refractivity contribution in [2.75, 3.05) is 26.2 Å². The van der Waals surface area contributed by atoms with E-state index in [1.165, 1.54) is 46.2 Å². The average molecular weight is 454 g/mol. The fraction of sp³-hybridized carbons (Fsp3) is 0.222. The molecule has 0 atom stereocenters. The quantitative estimate of drug-likeness (QED) is 0.644. The van der Waals surface area contributed by atoms with Gasteiger partial charge in [-0.05, 0) is 24.3 Å². The predicted octanol–water partition coefficient (Wildman–Crippen LogP) is 0.778. The first-order valence-electron chi connectivity index (χ1n) is 8.72. The summed E-state index contributed by atoms with van der Waals surface area (Å²) in [5.41, 5.74) is -0.368. The summed E-state index contributed by atoms with van der Waals surface area (Å²) in [5, 5.41) is 0. The second-order valence-electron chi connectivity index (χ2n) is 6.53. The Labute approximate surface area is 173 Å². The molecule has 1 saturated heterocycles. The Kier molecular flexibility index (Phi) is 5.94. The first-order chi connectivity index (χ1) is 14.0. The minimum atomic E-state index is -4.59. The van der Waals surface area contributed by atoms with E-state index in [0.29, 0.717) is 0 Å². The molecular weight excluding hydrogens is 436 g/mol. The molecule has 1 heterocycles. The van der Waals surface area contributed by atoms with Crippen LogP contribution in [0, 0.1) is 0 Å².